The number of benzene rings is 1. The van der Waals surface area contributed by atoms with Crippen molar-refractivity contribution in [2.75, 3.05) is 14.2 Å². The summed E-state index contributed by atoms with van der Waals surface area (Å²) < 4.78 is 12.3. The average Bonchev–Trinajstić information content (AvgIpc) is 2.94. The first kappa shape index (κ1) is 17.1. The summed E-state index contributed by atoms with van der Waals surface area (Å²) in [6.45, 7) is 7.69. The van der Waals surface area contributed by atoms with Crippen LogP contribution in [0.1, 0.15) is 36.7 Å². The zero-order chi connectivity index (χ0) is 17.0. The smallest absolute Gasteiger partial charge is 0.200 e. The summed E-state index contributed by atoms with van der Waals surface area (Å²) in [6, 6.07) is 3.78. The Morgan fingerprint density at radius 3 is 2.35 bits per heavy atom. The van der Waals surface area contributed by atoms with Crippen LogP contribution in [0.3, 0.4) is 0 Å². The molecule has 0 aliphatic rings. The van der Waals surface area contributed by atoms with Gasteiger partial charge in [0, 0.05) is 30.9 Å². The number of nitrogens with one attached hydrogen (secondary N) is 1. The number of methoxy groups -OCH3 is 2. The van der Waals surface area contributed by atoms with E-state index >= 15 is 0 Å². The van der Waals surface area contributed by atoms with Crippen LogP contribution in [0.15, 0.2) is 18.3 Å². The molecule has 1 atom stereocenters. The van der Waals surface area contributed by atoms with Crippen LogP contribution in [0.25, 0.3) is 0 Å². The minimum absolute atomic E-state index is 0.0202. The van der Waals surface area contributed by atoms with E-state index in [4.69, 9.17) is 9.47 Å². The van der Waals surface area contributed by atoms with Crippen molar-refractivity contribution in [3.63, 3.8) is 0 Å². The number of aryl methyl sites for hydroxylation is 2. The van der Waals surface area contributed by atoms with Gasteiger partial charge in [-0.2, -0.15) is 5.10 Å². The molecule has 126 valence electrons. The zero-order valence-electron chi connectivity index (χ0n) is 14.4. The Bertz CT molecular complexity index is 642. The first-order valence-corrected chi connectivity index (χ1v) is 7.71. The standard InChI is InChI=1S/C17H25N3O3/c1-6-20-10-14(12(3)19-20)11(2)18-9-13-7-15(22-4)17(21)16(8-13)23-5/h7-8,10-11,18,21H,6,9H2,1-5H3. The molecule has 0 spiro atoms. The molecule has 0 aliphatic heterocycles. The van der Waals surface area contributed by atoms with Gasteiger partial charge in [-0.15, -0.1) is 0 Å². The normalized spacial score (nSPS) is 12.2. The van der Waals surface area contributed by atoms with Crippen LogP contribution in [0.4, 0.5) is 0 Å². The molecule has 2 rings (SSSR count). The van der Waals surface area contributed by atoms with Crippen molar-refractivity contribution in [3.8, 4) is 17.2 Å². The molecule has 6 heteroatoms. The lowest BCUT2D eigenvalue weighted by Gasteiger charge is -2.15. The van der Waals surface area contributed by atoms with E-state index in [0.717, 1.165) is 17.8 Å². The molecule has 1 heterocycles. The van der Waals surface area contributed by atoms with Gasteiger partial charge in [0.15, 0.2) is 11.5 Å². The van der Waals surface area contributed by atoms with Crippen LogP contribution in [0.5, 0.6) is 17.2 Å². The fourth-order valence-corrected chi connectivity index (χ4v) is 2.55. The molecule has 2 N–H and O–H groups in total. The lowest BCUT2D eigenvalue weighted by atomic mass is 10.1. The fourth-order valence-electron chi connectivity index (χ4n) is 2.55. The lowest BCUT2D eigenvalue weighted by molar-refractivity contribution is 0.339. The summed E-state index contributed by atoms with van der Waals surface area (Å²) in [5, 5.41) is 17.9. The number of hydrogen-bond acceptors (Lipinski definition) is 5. The number of nitrogens with zero attached hydrogens (tertiary/aromatic N) is 2. The molecule has 1 aromatic carbocycles. The van der Waals surface area contributed by atoms with Crippen molar-refractivity contribution in [1.82, 2.24) is 15.1 Å². The third-order valence-corrected chi connectivity index (χ3v) is 3.93. The van der Waals surface area contributed by atoms with Crippen molar-refractivity contribution in [1.29, 1.82) is 0 Å². The van der Waals surface area contributed by atoms with E-state index in [-0.39, 0.29) is 11.8 Å². The van der Waals surface area contributed by atoms with Gasteiger partial charge in [-0.05, 0) is 38.5 Å². The zero-order valence-corrected chi connectivity index (χ0v) is 14.4. The first-order chi connectivity index (χ1) is 11.0. The number of ether oxygens (including phenoxy) is 2. The van der Waals surface area contributed by atoms with E-state index in [1.807, 2.05) is 11.6 Å². The minimum Gasteiger partial charge on any atom is -0.502 e. The van der Waals surface area contributed by atoms with Gasteiger partial charge >= 0.3 is 0 Å². The van der Waals surface area contributed by atoms with Gasteiger partial charge in [0.2, 0.25) is 5.75 Å². The second-order valence-corrected chi connectivity index (χ2v) is 5.48. The Labute approximate surface area is 137 Å². The minimum atomic E-state index is 0.0202. The second-order valence-electron chi connectivity index (χ2n) is 5.48. The molecular formula is C17H25N3O3. The molecule has 23 heavy (non-hydrogen) atoms. The third kappa shape index (κ3) is 3.76. The maximum Gasteiger partial charge on any atom is 0.200 e. The monoisotopic (exact) mass is 319 g/mol. The second kappa shape index (κ2) is 7.37. The molecule has 0 radical (unpaired) electrons. The Hall–Kier alpha value is -2.21. The highest BCUT2D eigenvalue weighted by atomic mass is 16.5. The quantitative estimate of drug-likeness (QED) is 0.821. The fraction of sp³-hybridized carbons (Fsp3) is 0.471. The SMILES string of the molecule is CCn1cc(C(C)NCc2cc(OC)c(O)c(OC)c2)c(C)n1. The summed E-state index contributed by atoms with van der Waals surface area (Å²) in [5.74, 6) is 0.833. The maximum absolute atomic E-state index is 9.95. The van der Waals surface area contributed by atoms with E-state index < -0.39 is 0 Å². The topological polar surface area (TPSA) is 68.5 Å². The number of aromatic hydroxyl groups is 1. The van der Waals surface area contributed by atoms with E-state index in [9.17, 15) is 5.11 Å². The van der Waals surface area contributed by atoms with Gasteiger partial charge in [0.1, 0.15) is 0 Å². The van der Waals surface area contributed by atoms with E-state index in [2.05, 4.69) is 30.5 Å². The maximum atomic E-state index is 9.95. The molecule has 0 bridgehead atoms. The molecule has 1 aromatic heterocycles. The number of rotatable bonds is 7. The Balaban J connectivity index is 2.12. The van der Waals surface area contributed by atoms with Gasteiger partial charge < -0.3 is 19.9 Å². The highest BCUT2D eigenvalue weighted by molar-refractivity contribution is 5.52. The molecule has 0 amide bonds. The predicted molar refractivity (Wildman–Crippen MR) is 89.1 cm³/mol. The summed E-state index contributed by atoms with van der Waals surface area (Å²) in [6.07, 6.45) is 2.07. The summed E-state index contributed by atoms with van der Waals surface area (Å²) in [4.78, 5) is 0. The molecule has 1 unspecified atom stereocenters. The van der Waals surface area contributed by atoms with Crippen molar-refractivity contribution < 1.29 is 14.6 Å². The first-order valence-electron chi connectivity index (χ1n) is 7.71. The Morgan fingerprint density at radius 2 is 1.87 bits per heavy atom. The van der Waals surface area contributed by atoms with E-state index in [1.54, 1.807) is 12.1 Å². The average molecular weight is 319 g/mol. The third-order valence-electron chi connectivity index (χ3n) is 3.93. The molecule has 6 nitrogen and oxygen atoms in total. The Morgan fingerprint density at radius 1 is 1.26 bits per heavy atom. The Kier molecular flexibility index (Phi) is 5.50. The van der Waals surface area contributed by atoms with Crippen LogP contribution in [-0.4, -0.2) is 29.1 Å². The lowest BCUT2D eigenvalue weighted by Crippen LogP contribution is -2.18. The van der Waals surface area contributed by atoms with Gasteiger partial charge in [-0.1, -0.05) is 0 Å². The van der Waals surface area contributed by atoms with Crippen LogP contribution < -0.4 is 14.8 Å². The van der Waals surface area contributed by atoms with Crippen LogP contribution >= 0.6 is 0 Å². The highest BCUT2D eigenvalue weighted by Crippen LogP contribution is 2.37. The summed E-state index contributed by atoms with van der Waals surface area (Å²) in [7, 11) is 3.05. The summed E-state index contributed by atoms with van der Waals surface area (Å²) >= 11 is 0. The number of phenolic OH excluding ortho intramolecular Hbond substituents is 1. The molecule has 0 saturated heterocycles. The van der Waals surface area contributed by atoms with E-state index in [0.29, 0.717) is 18.0 Å². The molecule has 0 fully saturated rings. The number of phenols is 1. The van der Waals surface area contributed by atoms with Gasteiger partial charge in [-0.3, -0.25) is 4.68 Å². The highest BCUT2D eigenvalue weighted by Gasteiger charge is 2.14. The molecular weight excluding hydrogens is 294 g/mol. The summed E-state index contributed by atoms with van der Waals surface area (Å²) in [5.41, 5.74) is 3.20. The number of hydrogen-bond donors (Lipinski definition) is 2. The van der Waals surface area contributed by atoms with E-state index in [1.165, 1.54) is 19.8 Å². The molecule has 0 saturated carbocycles. The van der Waals surface area contributed by atoms with Gasteiger partial charge in [0.05, 0.1) is 19.9 Å². The van der Waals surface area contributed by atoms with Crippen LogP contribution in [0.2, 0.25) is 0 Å². The van der Waals surface area contributed by atoms with Crippen molar-refractivity contribution in [2.45, 2.75) is 39.9 Å². The van der Waals surface area contributed by atoms with Crippen molar-refractivity contribution in [3.05, 3.63) is 35.2 Å². The largest absolute Gasteiger partial charge is 0.502 e. The van der Waals surface area contributed by atoms with Crippen LogP contribution in [-0.2, 0) is 13.1 Å². The molecule has 2 aromatic rings. The number of aromatic nitrogens is 2. The van der Waals surface area contributed by atoms with Gasteiger partial charge in [-0.25, -0.2) is 0 Å². The van der Waals surface area contributed by atoms with Crippen LogP contribution in [0, 0.1) is 6.92 Å². The van der Waals surface area contributed by atoms with Crippen molar-refractivity contribution in [2.24, 2.45) is 0 Å². The predicted octanol–water partition coefficient (Wildman–Crippen LogP) is 2.79. The van der Waals surface area contributed by atoms with Gasteiger partial charge in [0.25, 0.3) is 0 Å². The van der Waals surface area contributed by atoms with Crippen molar-refractivity contribution >= 4 is 0 Å². The molecule has 0 aliphatic carbocycles.